The predicted molar refractivity (Wildman–Crippen MR) is 73.6 cm³/mol. The zero-order valence-electron chi connectivity index (χ0n) is 10.4. The number of nitrogens with one attached hydrogen (secondary N) is 1. The molecular formula is C12H7F3N2O2S2. The lowest BCUT2D eigenvalue weighted by Gasteiger charge is -2.08. The number of halogens is 3. The third-order valence-electron chi connectivity index (χ3n) is 2.87. The number of thiazole rings is 1. The molecule has 0 atom stereocenters. The van der Waals surface area contributed by atoms with Crippen LogP contribution in [0.1, 0.15) is 15.4 Å². The number of esters is 1. The van der Waals surface area contributed by atoms with Gasteiger partial charge in [0.05, 0.1) is 17.3 Å². The summed E-state index contributed by atoms with van der Waals surface area (Å²) in [5.74, 6) is -0.727. The summed E-state index contributed by atoms with van der Waals surface area (Å²) in [5.41, 5.74) is 2.01. The van der Waals surface area contributed by atoms with Crippen molar-refractivity contribution >= 4 is 39.0 Å². The van der Waals surface area contributed by atoms with E-state index in [0.717, 1.165) is 0 Å². The van der Waals surface area contributed by atoms with E-state index in [1.165, 1.54) is 35.4 Å². The van der Waals surface area contributed by atoms with Gasteiger partial charge in [-0.15, -0.1) is 22.7 Å². The molecule has 3 heterocycles. The quantitative estimate of drug-likeness (QED) is 0.717. The monoisotopic (exact) mass is 332 g/mol. The Morgan fingerprint density at radius 3 is 2.81 bits per heavy atom. The topological polar surface area (TPSA) is 55.0 Å². The first kappa shape index (κ1) is 14.1. The van der Waals surface area contributed by atoms with Crippen molar-refractivity contribution in [2.45, 2.75) is 6.18 Å². The number of aromatic nitrogens is 2. The molecule has 0 bridgehead atoms. The first-order valence-electron chi connectivity index (χ1n) is 5.62. The Hall–Kier alpha value is -1.87. The molecule has 110 valence electrons. The van der Waals surface area contributed by atoms with Gasteiger partial charge in [-0.3, -0.25) is 0 Å². The van der Waals surface area contributed by atoms with E-state index in [0.29, 0.717) is 21.7 Å². The van der Waals surface area contributed by atoms with E-state index >= 15 is 0 Å². The molecular weight excluding hydrogens is 325 g/mol. The predicted octanol–water partition coefficient (Wildman–Crippen LogP) is 4.16. The van der Waals surface area contributed by atoms with Gasteiger partial charge < -0.3 is 9.72 Å². The van der Waals surface area contributed by atoms with Crippen molar-refractivity contribution in [2.24, 2.45) is 0 Å². The molecule has 0 aromatic carbocycles. The molecule has 0 aliphatic rings. The van der Waals surface area contributed by atoms with Gasteiger partial charge >= 0.3 is 12.1 Å². The van der Waals surface area contributed by atoms with Crippen molar-refractivity contribution in [3.8, 4) is 11.1 Å². The fraction of sp³-hybridized carbons (Fsp3) is 0.167. The fourth-order valence-corrected chi connectivity index (χ4v) is 3.62. The summed E-state index contributed by atoms with van der Waals surface area (Å²) in [6.07, 6.45) is -4.48. The summed E-state index contributed by atoms with van der Waals surface area (Å²) >= 11 is 1.75. The van der Waals surface area contributed by atoms with Crippen LogP contribution in [0.25, 0.3) is 21.5 Å². The van der Waals surface area contributed by atoms with Gasteiger partial charge in [-0.2, -0.15) is 13.2 Å². The number of thiophene rings is 1. The molecule has 0 unspecified atom stereocenters. The Morgan fingerprint density at radius 1 is 1.38 bits per heavy atom. The lowest BCUT2D eigenvalue weighted by molar-refractivity contribution is -0.133. The summed E-state index contributed by atoms with van der Waals surface area (Å²) in [7, 11) is 1.17. The maximum atomic E-state index is 13.1. The summed E-state index contributed by atoms with van der Waals surface area (Å²) in [6.45, 7) is 0. The highest BCUT2D eigenvalue weighted by molar-refractivity contribution is 7.17. The number of rotatable bonds is 2. The number of carbonyl (C=O) groups is 1. The minimum atomic E-state index is -4.48. The first-order chi connectivity index (χ1) is 9.93. The number of carbonyl (C=O) groups excluding carboxylic acids is 1. The number of nitrogens with zero attached hydrogens (tertiary/aromatic N) is 1. The summed E-state index contributed by atoms with van der Waals surface area (Å²) < 4.78 is 44.4. The van der Waals surface area contributed by atoms with Crippen molar-refractivity contribution in [3.05, 3.63) is 27.5 Å². The first-order valence-corrected chi connectivity index (χ1v) is 7.38. The van der Waals surface area contributed by atoms with Gasteiger partial charge in [0.25, 0.3) is 0 Å². The maximum Gasteiger partial charge on any atom is 0.426 e. The molecule has 0 spiro atoms. The van der Waals surface area contributed by atoms with Crippen molar-refractivity contribution in [3.63, 3.8) is 0 Å². The van der Waals surface area contributed by atoms with Crippen LogP contribution < -0.4 is 0 Å². The second kappa shape index (κ2) is 4.85. The molecule has 21 heavy (non-hydrogen) atoms. The molecule has 0 radical (unpaired) electrons. The van der Waals surface area contributed by atoms with Crippen molar-refractivity contribution in [2.75, 3.05) is 7.11 Å². The lowest BCUT2D eigenvalue weighted by atomic mass is 10.1. The Kier molecular flexibility index (Phi) is 3.25. The van der Waals surface area contributed by atoms with Crippen LogP contribution in [0.3, 0.4) is 0 Å². The fourth-order valence-electron chi connectivity index (χ4n) is 2.04. The van der Waals surface area contributed by atoms with E-state index in [9.17, 15) is 18.0 Å². The second-order valence-electron chi connectivity index (χ2n) is 4.06. The van der Waals surface area contributed by atoms with Crippen LogP contribution >= 0.6 is 22.7 Å². The van der Waals surface area contributed by atoms with Gasteiger partial charge in [-0.25, -0.2) is 9.78 Å². The van der Waals surface area contributed by atoms with Gasteiger partial charge in [0, 0.05) is 11.1 Å². The van der Waals surface area contributed by atoms with Crippen LogP contribution in [0, 0.1) is 0 Å². The van der Waals surface area contributed by atoms with E-state index in [4.69, 9.17) is 0 Å². The van der Waals surface area contributed by atoms with Crippen LogP contribution in [0.4, 0.5) is 13.2 Å². The van der Waals surface area contributed by atoms with Crippen molar-refractivity contribution in [1.82, 2.24) is 9.97 Å². The van der Waals surface area contributed by atoms with Crippen molar-refractivity contribution < 1.29 is 22.7 Å². The Balaban J connectivity index is 2.31. The minimum absolute atomic E-state index is 0.0178. The van der Waals surface area contributed by atoms with E-state index in [2.05, 4.69) is 14.7 Å². The molecule has 0 aliphatic heterocycles. The highest BCUT2D eigenvalue weighted by Gasteiger charge is 2.37. The zero-order valence-corrected chi connectivity index (χ0v) is 12.1. The Morgan fingerprint density at radius 2 is 2.14 bits per heavy atom. The van der Waals surface area contributed by atoms with Gasteiger partial charge in [0.1, 0.15) is 16.2 Å². The van der Waals surface area contributed by atoms with E-state index in [-0.39, 0.29) is 16.8 Å². The van der Waals surface area contributed by atoms with Crippen LogP contribution in [0.5, 0.6) is 0 Å². The van der Waals surface area contributed by atoms with Crippen LogP contribution in [0.2, 0.25) is 0 Å². The number of hydrogen-bond acceptors (Lipinski definition) is 5. The van der Waals surface area contributed by atoms with Crippen LogP contribution in [0.15, 0.2) is 17.0 Å². The maximum absolute atomic E-state index is 13.1. The molecule has 3 aromatic rings. The Labute approximate surface area is 124 Å². The smallest absolute Gasteiger partial charge is 0.426 e. The van der Waals surface area contributed by atoms with E-state index < -0.39 is 17.0 Å². The molecule has 0 saturated heterocycles. The number of H-pyrrole nitrogens is 1. The molecule has 4 nitrogen and oxygen atoms in total. The third kappa shape index (κ3) is 2.22. The van der Waals surface area contributed by atoms with Crippen LogP contribution in [-0.2, 0) is 10.9 Å². The van der Waals surface area contributed by atoms with Gasteiger partial charge in [0.15, 0.2) is 0 Å². The SMILES string of the molecule is COC(=O)c1[nH]c2ncsc2c1-c1ccsc1C(F)(F)F. The molecule has 0 aliphatic carbocycles. The third-order valence-corrected chi connectivity index (χ3v) is 4.67. The zero-order chi connectivity index (χ0) is 15.2. The van der Waals surface area contributed by atoms with Crippen molar-refractivity contribution in [1.29, 1.82) is 0 Å². The van der Waals surface area contributed by atoms with Crippen LogP contribution in [-0.4, -0.2) is 23.0 Å². The molecule has 0 saturated carbocycles. The lowest BCUT2D eigenvalue weighted by Crippen LogP contribution is -2.06. The molecule has 3 aromatic heterocycles. The average Bonchev–Trinajstić information content (AvgIpc) is 3.10. The number of fused-ring (bicyclic) bond motifs is 1. The molecule has 9 heteroatoms. The normalized spacial score (nSPS) is 12.0. The molecule has 0 amide bonds. The summed E-state index contributed by atoms with van der Waals surface area (Å²) in [4.78, 5) is 17.8. The second-order valence-corrected chi connectivity index (χ2v) is 5.83. The van der Waals surface area contributed by atoms with Gasteiger partial charge in [-0.05, 0) is 11.4 Å². The Bertz CT molecular complexity index is 816. The number of ether oxygens (including phenoxy) is 1. The average molecular weight is 332 g/mol. The molecule has 3 rings (SSSR count). The van der Waals surface area contributed by atoms with Gasteiger partial charge in [-0.1, -0.05) is 0 Å². The largest absolute Gasteiger partial charge is 0.464 e. The summed E-state index contributed by atoms with van der Waals surface area (Å²) in [5, 5.41) is 1.35. The van der Waals surface area contributed by atoms with Gasteiger partial charge in [0.2, 0.25) is 0 Å². The minimum Gasteiger partial charge on any atom is -0.464 e. The highest BCUT2D eigenvalue weighted by Crippen LogP contribution is 2.45. The number of aromatic amines is 1. The highest BCUT2D eigenvalue weighted by atomic mass is 32.1. The summed E-state index contributed by atoms with van der Waals surface area (Å²) in [6, 6.07) is 1.35. The van der Waals surface area contributed by atoms with E-state index in [1.807, 2.05) is 0 Å². The molecule has 0 fully saturated rings. The number of alkyl halides is 3. The van der Waals surface area contributed by atoms with E-state index in [1.54, 1.807) is 0 Å². The standard InChI is InChI=1S/C12H7F3N2O2S2/c1-19-11(18)7-6(8-10(17-7)16-4-21-8)5-2-3-20-9(5)12(13,14)15/h2-4,17H,1H3. The number of methoxy groups -OCH3 is 1. The number of hydrogen-bond donors (Lipinski definition) is 1. The molecule has 1 N–H and O–H groups in total.